The first-order valence-corrected chi connectivity index (χ1v) is 9.69. The van der Waals surface area contributed by atoms with Crippen LogP contribution >= 0.6 is 11.8 Å². The molecule has 2 aromatic carbocycles. The number of hydrogen-bond acceptors (Lipinski definition) is 4. The van der Waals surface area contributed by atoms with E-state index < -0.39 is 5.25 Å². The van der Waals surface area contributed by atoms with E-state index in [2.05, 4.69) is 10.3 Å². The molecule has 27 heavy (non-hydrogen) atoms. The third kappa shape index (κ3) is 4.39. The number of nitrogens with zero attached hydrogens (tertiary/aromatic N) is 2. The monoisotopic (exact) mass is 381 g/mol. The summed E-state index contributed by atoms with van der Waals surface area (Å²) in [5.74, 6) is -0.258. The number of aliphatic imine (C=N–C) groups is 1. The smallest absolute Gasteiger partial charge is 0.242 e. The van der Waals surface area contributed by atoms with Gasteiger partial charge in [-0.25, -0.2) is 4.99 Å². The molecule has 0 saturated carbocycles. The van der Waals surface area contributed by atoms with Gasteiger partial charge in [0.2, 0.25) is 11.8 Å². The molecule has 1 saturated heterocycles. The van der Waals surface area contributed by atoms with Crippen LogP contribution in [0.1, 0.15) is 23.1 Å². The third-order valence-electron chi connectivity index (χ3n) is 4.48. The zero-order valence-corrected chi connectivity index (χ0v) is 16.8. The number of hydrogen-bond donors (Lipinski definition) is 1. The average molecular weight is 382 g/mol. The molecular weight excluding hydrogens is 358 g/mol. The molecule has 5 nitrogen and oxygen atoms in total. The maximum atomic E-state index is 12.5. The van der Waals surface area contributed by atoms with E-state index in [0.29, 0.717) is 5.17 Å². The van der Waals surface area contributed by atoms with E-state index in [-0.39, 0.29) is 18.2 Å². The second-order valence-corrected chi connectivity index (χ2v) is 7.93. The van der Waals surface area contributed by atoms with Gasteiger partial charge in [-0.05, 0) is 49.6 Å². The molecular formula is C21H23N3O2S. The van der Waals surface area contributed by atoms with Crippen LogP contribution in [0.2, 0.25) is 0 Å². The van der Waals surface area contributed by atoms with Gasteiger partial charge in [0.05, 0.1) is 5.69 Å². The molecule has 0 aliphatic carbocycles. The molecule has 2 aromatic rings. The van der Waals surface area contributed by atoms with Crippen LogP contribution in [-0.2, 0) is 9.59 Å². The number of aryl methyl sites for hydroxylation is 3. The molecule has 140 valence electrons. The van der Waals surface area contributed by atoms with E-state index >= 15 is 0 Å². The third-order valence-corrected chi connectivity index (χ3v) is 5.71. The van der Waals surface area contributed by atoms with Gasteiger partial charge in [-0.2, -0.15) is 0 Å². The Kier molecular flexibility index (Phi) is 5.65. The molecule has 0 spiro atoms. The summed E-state index contributed by atoms with van der Waals surface area (Å²) in [6.07, 6.45) is 0.119. The van der Waals surface area contributed by atoms with Gasteiger partial charge < -0.3 is 5.32 Å². The van der Waals surface area contributed by atoms with Gasteiger partial charge in [0.25, 0.3) is 0 Å². The van der Waals surface area contributed by atoms with E-state index in [4.69, 9.17) is 0 Å². The highest BCUT2D eigenvalue weighted by Crippen LogP contribution is 2.31. The minimum absolute atomic E-state index is 0.0944. The molecule has 0 radical (unpaired) electrons. The summed E-state index contributed by atoms with van der Waals surface area (Å²) < 4.78 is 0. The highest BCUT2D eigenvalue weighted by molar-refractivity contribution is 8.15. The van der Waals surface area contributed by atoms with Gasteiger partial charge in [-0.3, -0.25) is 14.5 Å². The van der Waals surface area contributed by atoms with Crippen molar-refractivity contribution >= 4 is 40.1 Å². The zero-order chi connectivity index (χ0) is 19.6. The fraction of sp³-hybridized carbons (Fsp3) is 0.286. The van der Waals surface area contributed by atoms with Gasteiger partial charge in [0.15, 0.2) is 5.17 Å². The first kappa shape index (κ1) is 19.2. The molecule has 3 rings (SSSR count). The first-order chi connectivity index (χ1) is 12.8. The Morgan fingerprint density at radius 1 is 1.15 bits per heavy atom. The van der Waals surface area contributed by atoms with Crippen molar-refractivity contribution in [3.05, 3.63) is 59.2 Å². The highest BCUT2D eigenvalue weighted by atomic mass is 32.2. The Bertz CT molecular complexity index is 903. The normalized spacial score (nSPS) is 18.2. The Morgan fingerprint density at radius 3 is 2.48 bits per heavy atom. The standard InChI is InChI=1S/C21H23N3O2S/c1-13-7-5-10-16(11-13)22-21-24(4)20(26)17(27-21)12-18(25)23-19-14(2)8-6-9-15(19)3/h5-11,17H,12H2,1-4H3,(H,23,25)/t17-/m1/s1. The number of amides is 2. The van der Waals surface area contributed by atoms with Crippen LogP contribution in [0, 0.1) is 20.8 Å². The van der Waals surface area contributed by atoms with Crippen molar-refractivity contribution in [1.82, 2.24) is 4.90 Å². The summed E-state index contributed by atoms with van der Waals surface area (Å²) in [6.45, 7) is 5.91. The molecule has 2 amide bonds. The number of rotatable bonds is 4. The summed E-state index contributed by atoms with van der Waals surface area (Å²) in [6, 6.07) is 13.7. The number of anilines is 1. The van der Waals surface area contributed by atoms with Gasteiger partial charge in [0.1, 0.15) is 5.25 Å². The number of nitrogens with one attached hydrogen (secondary N) is 1. The number of carbonyl (C=O) groups excluding carboxylic acids is 2. The largest absolute Gasteiger partial charge is 0.326 e. The van der Waals surface area contributed by atoms with Gasteiger partial charge in [-0.1, -0.05) is 42.1 Å². The van der Waals surface area contributed by atoms with Crippen LogP contribution in [0.15, 0.2) is 47.5 Å². The maximum Gasteiger partial charge on any atom is 0.242 e. The summed E-state index contributed by atoms with van der Waals surface area (Å²) in [5.41, 5.74) is 4.75. The molecule has 0 unspecified atom stereocenters. The number of thioether (sulfide) groups is 1. The number of para-hydroxylation sites is 1. The van der Waals surface area contributed by atoms with Gasteiger partial charge >= 0.3 is 0 Å². The Balaban J connectivity index is 1.71. The number of amidine groups is 1. The van der Waals surface area contributed by atoms with Crippen LogP contribution in [0.3, 0.4) is 0 Å². The van der Waals surface area contributed by atoms with Crippen molar-refractivity contribution in [2.75, 3.05) is 12.4 Å². The lowest BCUT2D eigenvalue weighted by Gasteiger charge is -2.12. The second kappa shape index (κ2) is 7.96. The molecule has 1 N–H and O–H groups in total. The number of benzene rings is 2. The molecule has 6 heteroatoms. The summed E-state index contributed by atoms with van der Waals surface area (Å²) in [5, 5.41) is 3.12. The van der Waals surface area contributed by atoms with Crippen molar-refractivity contribution in [2.45, 2.75) is 32.4 Å². The SMILES string of the molecule is Cc1cccc(N=C2S[C@H](CC(=O)Nc3c(C)cccc3C)C(=O)N2C)c1. The maximum absolute atomic E-state index is 12.5. The molecule has 1 heterocycles. The Morgan fingerprint density at radius 2 is 1.81 bits per heavy atom. The van der Waals surface area contributed by atoms with E-state index in [1.165, 1.54) is 16.7 Å². The lowest BCUT2D eigenvalue weighted by atomic mass is 10.1. The minimum atomic E-state index is -0.456. The Labute approximate surface area is 163 Å². The van der Waals surface area contributed by atoms with Crippen LogP contribution in [0.25, 0.3) is 0 Å². The van der Waals surface area contributed by atoms with E-state index in [1.54, 1.807) is 7.05 Å². The lowest BCUT2D eigenvalue weighted by molar-refractivity contribution is -0.127. The van der Waals surface area contributed by atoms with E-state index in [0.717, 1.165) is 28.1 Å². The summed E-state index contributed by atoms with van der Waals surface area (Å²) >= 11 is 1.34. The van der Waals surface area contributed by atoms with Crippen molar-refractivity contribution < 1.29 is 9.59 Å². The van der Waals surface area contributed by atoms with Crippen LogP contribution in [0.5, 0.6) is 0 Å². The fourth-order valence-corrected chi connectivity index (χ4v) is 4.13. The van der Waals surface area contributed by atoms with Gasteiger partial charge in [-0.15, -0.1) is 0 Å². The predicted molar refractivity (Wildman–Crippen MR) is 112 cm³/mol. The minimum Gasteiger partial charge on any atom is -0.326 e. The molecule has 1 fully saturated rings. The second-order valence-electron chi connectivity index (χ2n) is 6.76. The van der Waals surface area contributed by atoms with E-state index in [1.807, 2.05) is 63.2 Å². The van der Waals surface area contributed by atoms with Crippen molar-refractivity contribution in [3.8, 4) is 0 Å². The fourth-order valence-electron chi connectivity index (χ4n) is 2.98. The van der Waals surface area contributed by atoms with Crippen LogP contribution in [-0.4, -0.2) is 34.2 Å². The van der Waals surface area contributed by atoms with Crippen molar-refractivity contribution in [2.24, 2.45) is 4.99 Å². The van der Waals surface area contributed by atoms with Crippen molar-refractivity contribution in [1.29, 1.82) is 0 Å². The van der Waals surface area contributed by atoms with E-state index in [9.17, 15) is 9.59 Å². The molecule has 1 aliphatic heterocycles. The van der Waals surface area contributed by atoms with Crippen molar-refractivity contribution in [3.63, 3.8) is 0 Å². The molecule has 1 aliphatic rings. The molecule has 0 aromatic heterocycles. The molecule has 1 atom stereocenters. The average Bonchev–Trinajstić information content (AvgIpc) is 2.86. The Hall–Kier alpha value is -2.60. The quantitative estimate of drug-likeness (QED) is 0.863. The predicted octanol–water partition coefficient (Wildman–Crippen LogP) is 4.20. The first-order valence-electron chi connectivity index (χ1n) is 8.81. The molecule has 0 bridgehead atoms. The topological polar surface area (TPSA) is 61.8 Å². The highest BCUT2D eigenvalue weighted by Gasteiger charge is 2.37. The summed E-state index contributed by atoms with van der Waals surface area (Å²) in [7, 11) is 1.70. The van der Waals surface area contributed by atoms with Crippen LogP contribution < -0.4 is 5.32 Å². The van der Waals surface area contributed by atoms with Gasteiger partial charge in [0, 0.05) is 19.2 Å². The zero-order valence-electron chi connectivity index (χ0n) is 15.9. The number of carbonyl (C=O) groups is 2. The van der Waals surface area contributed by atoms with Crippen LogP contribution in [0.4, 0.5) is 11.4 Å². The summed E-state index contributed by atoms with van der Waals surface area (Å²) in [4.78, 5) is 31.1. The lowest BCUT2D eigenvalue weighted by Crippen LogP contribution is -2.30.